The highest BCUT2D eigenvalue weighted by Crippen LogP contribution is 2.26. The molecule has 5 nitrogen and oxygen atoms in total. The Morgan fingerprint density at radius 3 is 2.28 bits per heavy atom. The fourth-order valence-electron chi connectivity index (χ4n) is 2.93. The van der Waals surface area contributed by atoms with Crippen molar-refractivity contribution in [3.63, 3.8) is 0 Å². The second-order valence-electron chi connectivity index (χ2n) is 6.10. The molecule has 2 aromatic rings. The van der Waals surface area contributed by atoms with E-state index in [1.54, 1.807) is 17.5 Å². The van der Waals surface area contributed by atoms with E-state index in [1.165, 1.54) is 16.9 Å². The van der Waals surface area contributed by atoms with E-state index in [1.807, 2.05) is 25.1 Å². The predicted octanol–water partition coefficient (Wildman–Crippen LogP) is 2.83. The number of thiophene rings is 1. The van der Waals surface area contributed by atoms with Gasteiger partial charge in [0.1, 0.15) is 9.96 Å². The zero-order valence-corrected chi connectivity index (χ0v) is 16.3. The van der Waals surface area contributed by atoms with Gasteiger partial charge in [0.2, 0.25) is 0 Å². The lowest BCUT2D eigenvalue weighted by atomic mass is 10.2. The first-order valence-corrected chi connectivity index (χ1v) is 10.7. The van der Waals surface area contributed by atoms with Crippen LogP contribution in [0.25, 0.3) is 0 Å². The third-order valence-electron chi connectivity index (χ3n) is 4.48. The molecule has 0 saturated carbocycles. The highest BCUT2D eigenvalue weighted by atomic mass is 32.2. The molecule has 0 atom stereocenters. The van der Waals surface area contributed by atoms with Gasteiger partial charge in [0.05, 0.1) is 7.11 Å². The van der Waals surface area contributed by atoms with Crippen LogP contribution >= 0.6 is 11.3 Å². The molecule has 25 heavy (non-hydrogen) atoms. The molecule has 3 rings (SSSR count). The summed E-state index contributed by atoms with van der Waals surface area (Å²) in [5, 5.41) is 0. The van der Waals surface area contributed by atoms with Crippen LogP contribution in [0, 0.1) is 0 Å². The van der Waals surface area contributed by atoms with Crippen LogP contribution < -0.4 is 4.74 Å². The number of ether oxygens (including phenoxy) is 1. The van der Waals surface area contributed by atoms with E-state index in [-0.39, 0.29) is 0 Å². The summed E-state index contributed by atoms with van der Waals surface area (Å²) < 4.78 is 32.8. The Bertz CT molecular complexity index is 792. The third-order valence-corrected chi connectivity index (χ3v) is 8.07. The highest BCUT2D eigenvalue weighted by Gasteiger charge is 2.29. The number of nitrogens with zero attached hydrogens (tertiary/aromatic N) is 2. The Morgan fingerprint density at radius 2 is 1.72 bits per heavy atom. The fraction of sp³-hybridized carbons (Fsp3) is 0.444. The third kappa shape index (κ3) is 4.23. The molecule has 2 heterocycles. The summed E-state index contributed by atoms with van der Waals surface area (Å²) in [6, 6.07) is 11.7. The number of hydrogen-bond acceptors (Lipinski definition) is 5. The topological polar surface area (TPSA) is 49.9 Å². The quantitative estimate of drug-likeness (QED) is 0.773. The van der Waals surface area contributed by atoms with Crippen molar-refractivity contribution in [1.82, 2.24) is 9.21 Å². The van der Waals surface area contributed by atoms with E-state index in [0.29, 0.717) is 17.3 Å². The van der Waals surface area contributed by atoms with Crippen LogP contribution in [0.3, 0.4) is 0 Å². The van der Waals surface area contributed by atoms with E-state index in [9.17, 15) is 8.42 Å². The zero-order chi connectivity index (χ0) is 17.9. The molecular formula is C18H24N2O3S2. The summed E-state index contributed by atoms with van der Waals surface area (Å²) >= 11 is 1.39. The van der Waals surface area contributed by atoms with Gasteiger partial charge in [0.15, 0.2) is 0 Å². The molecular weight excluding hydrogens is 356 g/mol. The average Bonchev–Trinajstić information content (AvgIpc) is 3.13. The van der Waals surface area contributed by atoms with E-state index in [2.05, 4.69) is 17.0 Å². The Hall–Kier alpha value is -1.41. The average molecular weight is 381 g/mol. The summed E-state index contributed by atoms with van der Waals surface area (Å²) in [5.41, 5.74) is 1.21. The van der Waals surface area contributed by atoms with Crippen LogP contribution in [-0.2, 0) is 23.0 Å². The molecule has 1 saturated heterocycles. The first kappa shape index (κ1) is 18.4. The summed E-state index contributed by atoms with van der Waals surface area (Å²) in [6.07, 6.45) is 0.871. The molecule has 7 heteroatoms. The minimum atomic E-state index is -3.35. The van der Waals surface area contributed by atoms with E-state index >= 15 is 0 Å². The molecule has 0 N–H and O–H groups in total. The lowest BCUT2D eigenvalue weighted by Gasteiger charge is -2.33. The van der Waals surface area contributed by atoms with Crippen molar-refractivity contribution in [2.75, 3.05) is 33.3 Å². The smallest absolute Gasteiger partial charge is 0.252 e. The van der Waals surface area contributed by atoms with E-state index in [4.69, 9.17) is 4.74 Å². The van der Waals surface area contributed by atoms with Gasteiger partial charge in [-0.1, -0.05) is 19.1 Å². The molecule has 1 aromatic carbocycles. The van der Waals surface area contributed by atoms with E-state index in [0.717, 1.165) is 36.7 Å². The van der Waals surface area contributed by atoms with Crippen molar-refractivity contribution >= 4 is 21.4 Å². The second-order valence-corrected chi connectivity index (χ2v) is 9.44. The fourth-order valence-corrected chi connectivity index (χ4v) is 5.80. The highest BCUT2D eigenvalue weighted by molar-refractivity contribution is 7.91. The molecule has 1 aliphatic rings. The Morgan fingerprint density at radius 1 is 1.04 bits per heavy atom. The molecule has 0 unspecified atom stereocenters. The number of sulfonamides is 1. The minimum Gasteiger partial charge on any atom is -0.497 e. The SMILES string of the molecule is CCc1ccc(S(=O)(=O)N2CCN(Cc3ccc(OC)cc3)CC2)s1. The van der Waals surface area contributed by atoms with Gasteiger partial charge in [0.25, 0.3) is 10.0 Å². The Labute approximate surface area is 153 Å². The first-order chi connectivity index (χ1) is 12.0. The summed E-state index contributed by atoms with van der Waals surface area (Å²) in [5.74, 6) is 0.849. The molecule has 1 aromatic heterocycles. The van der Waals surface area contributed by atoms with Crippen molar-refractivity contribution in [3.8, 4) is 5.75 Å². The maximum atomic E-state index is 12.8. The van der Waals surface area contributed by atoms with Crippen LogP contribution in [0.2, 0.25) is 0 Å². The van der Waals surface area contributed by atoms with Crippen molar-refractivity contribution in [2.45, 2.75) is 24.1 Å². The van der Waals surface area contributed by atoms with Gasteiger partial charge in [-0.2, -0.15) is 4.31 Å². The van der Waals surface area contributed by atoms with Crippen LogP contribution in [0.15, 0.2) is 40.6 Å². The minimum absolute atomic E-state index is 0.466. The normalized spacial score (nSPS) is 16.9. The van der Waals surface area contributed by atoms with Crippen LogP contribution in [-0.4, -0.2) is 50.9 Å². The number of methoxy groups -OCH3 is 1. The zero-order valence-electron chi connectivity index (χ0n) is 14.6. The van der Waals surface area contributed by atoms with E-state index < -0.39 is 10.0 Å². The van der Waals surface area contributed by atoms with Gasteiger partial charge in [-0.15, -0.1) is 11.3 Å². The number of benzene rings is 1. The summed E-state index contributed by atoms with van der Waals surface area (Å²) in [7, 11) is -1.69. The lowest BCUT2D eigenvalue weighted by Crippen LogP contribution is -2.48. The largest absolute Gasteiger partial charge is 0.497 e. The molecule has 1 fully saturated rings. The molecule has 0 amide bonds. The van der Waals surface area contributed by atoms with Crippen molar-refractivity contribution in [1.29, 1.82) is 0 Å². The maximum Gasteiger partial charge on any atom is 0.252 e. The standard InChI is InChI=1S/C18H24N2O3S2/c1-3-17-8-9-18(24-17)25(21,22)20-12-10-19(11-13-20)14-15-4-6-16(23-2)7-5-15/h4-9H,3,10-14H2,1-2H3. The lowest BCUT2D eigenvalue weighted by molar-refractivity contribution is 0.181. The van der Waals surface area contributed by atoms with Crippen molar-refractivity contribution in [2.24, 2.45) is 0 Å². The number of aryl methyl sites for hydroxylation is 1. The van der Waals surface area contributed by atoms with Crippen molar-refractivity contribution in [3.05, 3.63) is 46.8 Å². The molecule has 136 valence electrons. The Kier molecular flexibility index (Phi) is 5.78. The van der Waals surface area contributed by atoms with Gasteiger partial charge in [-0.25, -0.2) is 8.42 Å². The summed E-state index contributed by atoms with van der Waals surface area (Å²) in [4.78, 5) is 3.40. The van der Waals surface area contributed by atoms with Crippen LogP contribution in [0.1, 0.15) is 17.4 Å². The molecule has 1 aliphatic heterocycles. The monoisotopic (exact) mass is 380 g/mol. The van der Waals surface area contributed by atoms with Crippen molar-refractivity contribution < 1.29 is 13.2 Å². The number of piperazine rings is 1. The van der Waals surface area contributed by atoms with Crippen LogP contribution in [0.4, 0.5) is 0 Å². The first-order valence-electron chi connectivity index (χ1n) is 8.47. The Balaban J connectivity index is 1.59. The van der Waals surface area contributed by atoms with Gasteiger partial charge in [-0.05, 0) is 36.2 Å². The van der Waals surface area contributed by atoms with Gasteiger partial charge < -0.3 is 4.74 Å². The molecule has 0 radical (unpaired) electrons. The molecule has 0 spiro atoms. The van der Waals surface area contributed by atoms with Gasteiger partial charge in [-0.3, -0.25) is 4.90 Å². The van der Waals surface area contributed by atoms with Crippen LogP contribution in [0.5, 0.6) is 5.75 Å². The van der Waals surface area contributed by atoms with Gasteiger partial charge >= 0.3 is 0 Å². The second kappa shape index (κ2) is 7.86. The number of hydrogen-bond donors (Lipinski definition) is 0. The maximum absolute atomic E-state index is 12.8. The van der Waals surface area contributed by atoms with Gasteiger partial charge in [0, 0.05) is 37.6 Å². The molecule has 0 bridgehead atoms. The molecule has 0 aliphatic carbocycles. The number of rotatable bonds is 6. The predicted molar refractivity (Wildman–Crippen MR) is 101 cm³/mol. The summed E-state index contributed by atoms with van der Waals surface area (Å²) in [6.45, 7) is 5.45.